The molecule has 0 aliphatic heterocycles. The standard InChI is InChI=1S/C14H10FNO5/c15-10-1-5-12(6-2-10)20-9-14(17)21-13-7-3-11(4-8-13)16(18)19/h1-8H,9H2. The minimum Gasteiger partial charge on any atom is -0.482 e. The lowest BCUT2D eigenvalue weighted by molar-refractivity contribution is -0.384. The average molecular weight is 291 g/mol. The normalized spacial score (nSPS) is 9.95. The van der Waals surface area contributed by atoms with E-state index in [1.807, 2.05) is 0 Å². The minimum absolute atomic E-state index is 0.0997. The Morgan fingerprint density at radius 1 is 1.05 bits per heavy atom. The summed E-state index contributed by atoms with van der Waals surface area (Å²) in [6, 6.07) is 10.3. The van der Waals surface area contributed by atoms with Gasteiger partial charge in [-0.05, 0) is 36.4 Å². The maximum Gasteiger partial charge on any atom is 0.349 e. The molecule has 7 heteroatoms. The first-order valence-electron chi connectivity index (χ1n) is 5.88. The van der Waals surface area contributed by atoms with Crippen molar-refractivity contribution in [1.82, 2.24) is 0 Å². The molecule has 108 valence electrons. The van der Waals surface area contributed by atoms with Crippen LogP contribution in [-0.4, -0.2) is 17.5 Å². The number of nitro benzene ring substituents is 1. The van der Waals surface area contributed by atoms with E-state index in [1.165, 1.54) is 48.5 Å². The number of carbonyl (C=O) groups excluding carboxylic acids is 1. The van der Waals surface area contributed by atoms with Gasteiger partial charge in [-0.25, -0.2) is 9.18 Å². The van der Waals surface area contributed by atoms with Crippen LogP contribution in [0.25, 0.3) is 0 Å². The summed E-state index contributed by atoms with van der Waals surface area (Å²) in [7, 11) is 0. The summed E-state index contributed by atoms with van der Waals surface area (Å²) >= 11 is 0. The molecular formula is C14H10FNO5. The van der Waals surface area contributed by atoms with Gasteiger partial charge in [0.1, 0.15) is 17.3 Å². The third-order valence-corrected chi connectivity index (χ3v) is 2.45. The van der Waals surface area contributed by atoms with Crippen LogP contribution in [0.5, 0.6) is 11.5 Å². The molecule has 0 bridgehead atoms. The van der Waals surface area contributed by atoms with Gasteiger partial charge in [0.15, 0.2) is 6.61 Å². The summed E-state index contributed by atoms with van der Waals surface area (Å²) in [5, 5.41) is 10.5. The van der Waals surface area contributed by atoms with Crippen molar-refractivity contribution in [2.45, 2.75) is 0 Å². The molecule has 6 nitrogen and oxygen atoms in total. The molecule has 21 heavy (non-hydrogen) atoms. The topological polar surface area (TPSA) is 78.7 Å². The van der Waals surface area contributed by atoms with Crippen molar-refractivity contribution in [3.05, 3.63) is 64.5 Å². The lowest BCUT2D eigenvalue weighted by atomic mass is 10.3. The molecule has 0 fully saturated rings. The van der Waals surface area contributed by atoms with E-state index in [2.05, 4.69) is 0 Å². The third kappa shape index (κ3) is 4.27. The first kappa shape index (κ1) is 14.4. The zero-order valence-corrected chi connectivity index (χ0v) is 10.7. The van der Waals surface area contributed by atoms with Crippen LogP contribution in [0.2, 0.25) is 0 Å². The smallest absolute Gasteiger partial charge is 0.349 e. The van der Waals surface area contributed by atoms with Gasteiger partial charge in [0.25, 0.3) is 5.69 Å². The SMILES string of the molecule is O=C(COc1ccc(F)cc1)Oc1ccc([N+](=O)[O-])cc1. The zero-order chi connectivity index (χ0) is 15.2. The number of hydrogen-bond donors (Lipinski definition) is 0. The predicted octanol–water partition coefficient (Wildman–Crippen LogP) is 2.72. The maximum absolute atomic E-state index is 12.7. The highest BCUT2D eigenvalue weighted by atomic mass is 19.1. The van der Waals surface area contributed by atoms with Crippen LogP contribution in [-0.2, 0) is 4.79 Å². The molecule has 0 unspecified atom stereocenters. The molecule has 2 aromatic rings. The molecule has 0 atom stereocenters. The highest BCUT2D eigenvalue weighted by Gasteiger charge is 2.09. The fraction of sp³-hybridized carbons (Fsp3) is 0.0714. The molecule has 0 radical (unpaired) electrons. The summed E-state index contributed by atoms with van der Waals surface area (Å²) < 4.78 is 22.7. The van der Waals surface area contributed by atoms with E-state index in [0.29, 0.717) is 5.75 Å². The molecule has 2 aromatic carbocycles. The van der Waals surface area contributed by atoms with E-state index in [9.17, 15) is 19.3 Å². The number of benzene rings is 2. The quantitative estimate of drug-likeness (QED) is 0.366. The molecule has 0 aromatic heterocycles. The lowest BCUT2D eigenvalue weighted by Gasteiger charge is -2.06. The van der Waals surface area contributed by atoms with Crippen molar-refractivity contribution in [3.8, 4) is 11.5 Å². The highest BCUT2D eigenvalue weighted by Crippen LogP contribution is 2.17. The number of ether oxygens (including phenoxy) is 2. The van der Waals surface area contributed by atoms with Gasteiger partial charge in [0.05, 0.1) is 4.92 Å². The fourth-order valence-electron chi connectivity index (χ4n) is 1.47. The van der Waals surface area contributed by atoms with E-state index in [4.69, 9.17) is 9.47 Å². The van der Waals surface area contributed by atoms with Crippen molar-refractivity contribution in [2.24, 2.45) is 0 Å². The Kier molecular flexibility index (Phi) is 4.45. The summed E-state index contributed by atoms with van der Waals surface area (Å²) in [5.74, 6) is -0.575. The third-order valence-electron chi connectivity index (χ3n) is 2.45. The number of nitrogens with zero attached hydrogens (tertiary/aromatic N) is 1. The van der Waals surface area contributed by atoms with Gasteiger partial charge in [-0.2, -0.15) is 0 Å². The van der Waals surface area contributed by atoms with Crippen LogP contribution in [0.4, 0.5) is 10.1 Å². The van der Waals surface area contributed by atoms with Crippen molar-refractivity contribution in [1.29, 1.82) is 0 Å². The van der Waals surface area contributed by atoms with Gasteiger partial charge in [-0.1, -0.05) is 0 Å². The van der Waals surface area contributed by atoms with Crippen LogP contribution >= 0.6 is 0 Å². The molecule has 2 rings (SSSR count). The van der Waals surface area contributed by atoms with Crippen LogP contribution in [0.1, 0.15) is 0 Å². The van der Waals surface area contributed by atoms with Gasteiger partial charge < -0.3 is 9.47 Å². The predicted molar refractivity (Wildman–Crippen MR) is 70.6 cm³/mol. The number of esters is 1. The first-order valence-corrected chi connectivity index (χ1v) is 5.88. The second-order valence-corrected chi connectivity index (χ2v) is 3.97. The molecular weight excluding hydrogens is 281 g/mol. The first-order chi connectivity index (χ1) is 10.0. The number of hydrogen-bond acceptors (Lipinski definition) is 5. The Hall–Kier alpha value is -2.96. The molecule has 0 saturated heterocycles. The van der Waals surface area contributed by atoms with Gasteiger partial charge in [0, 0.05) is 12.1 Å². The average Bonchev–Trinajstić information content (AvgIpc) is 2.47. The Bertz CT molecular complexity index is 639. The summed E-state index contributed by atoms with van der Waals surface area (Å²) in [4.78, 5) is 21.4. The van der Waals surface area contributed by atoms with Crippen LogP contribution < -0.4 is 9.47 Å². The minimum atomic E-state index is -0.673. The number of nitro groups is 1. The largest absolute Gasteiger partial charge is 0.482 e. The van der Waals surface area contributed by atoms with Crippen molar-refractivity contribution >= 4 is 11.7 Å². The number of rotatable bonds is 5. The maximum atomic E-state index is 12.7. The van der Waals surface area contributed by atoms with Crippen LogP contribution in [0, 0.1) is 15.9 Å². The van der Waals surface area contributed by atoms with E-state index in [0.717, 1.165) is 0 Å². The molecule has 0 aliphatic rings. The Balaban J connectivity index is 1.86. The van der Waals surface area contributed by atoms with Gasteiger partial charge in [-0.3, -0.25) is 10.1 Å². The Morgan fingerprint density at radius 2 is 1.62 bits per heavy atom. The van der Waals surface area contributed by atoms with E-state index in [-0.39, 0.29) is 18.0 Å². The van der Waals surface area contributed by atoms with Crippen molar-refractivity contribution < 1.29 is 23.6 Å². The molecule has 0 aliphatic carbocycles. The Morgan fingerprint density at radius 3 is 2.19 bits per heavy atom. The van der Waals surface area contributed by atoms with Gasteiger partial charge >= 0.3 is 5.97 Å². The lowest BCUT2D eigenvalue weighted by Crippen LogP contribution is -2.17. The summed E-state index contributed by atoms with van der Waals surface area (Å²) in [6.45, 7) is -0.359. The molecule has 0 amide bonds. The van der Waals surface area contributed by atoms with Crippen molar-refractivity contribution in [3.63, 3.8) is 0 Å². The number of halogens is 1. The highest BCUT2D eigenvalue weighted by molar-refractivity contribution is 5.74. The summed E-state index contributed by atoms with van der Waals surface area (Å²) in [5.41, 5.74) is -0.0997. The molecule has 0 heterocycles. The van der Waals surface area contributed by atoms with Crippen LogP contribution in [0.3, 0.4) is 0 Å². The van der Waals surface area contributed by atoms with E-state index < -0.39 is 16.7 Å². The van der Waals surface area contributed by atoms with E-state index >= 15 is 0 Å². The molecule has 0 N–H and O–H groups in total. The summed E-state index contributed by atoms with van der Waals surface area (Å²) in [6.07, 6.45) is 0. The second kappa shape index (κ2) is 6.47. The van der Waals surface area contributed by atoms with Crippen molar-refractivity contribution in [2.75, 3.05) is 6.61 Å². The number of carbonyl (C=O) groups is 1. The monoisotopic (exact) mass is 291 g/mol. The van der Waals surface area contributed by atoms with Gasteiger partial charge in [-0.15, -0.1) is 0 Å². The van der Waals surface area contributed by atoms with E-state index in [1.54, 1.807) is 0 Å². The molecule has 0 spiro atoms. The molecule has 0 saturated carbocycles. The number of non-ortho nitro benzene ring substituents is 1. The van der Waals surface area contributed by atoms with Crippen LogP contribution in [0.15, 0.2) is 48.5 Å². The van der Waals surface area contributed by atoms with Gasteiger partial charge in [0.2, 0.25) is 0 Å². The fourth-order valence-corrected chi connectivity index (χ4v) is 1.47. The zero-order valence-electron chi connectivity index (χ0n) is 10.7. The Labute approximate surface area is 118 Å². The second-order valence-electron chi connectivity index (χ2n) is 3.97.